The largest absolute Gasteiger partial charge is 0.462 e. The second-order valence-electron chi connectivity index (χ2n) is 19.4. The molecule has 0 saturated carbocycles. The van der Waals surface area contributed by atoms with Gasteiger partial charge in [0, 0.05) is 12.8 Å². The lowest BCUT2D eigenvalue weighted by Crippen LogP contribution is -2.61. The molecule has 2 fully saturated rings. The van der Waals surface area contributed by atoms with Crippen molar-refractivity contribution < 1.29 is 73.8 Å². The third kappa shape index (κ3) is 28.2. The van der Waals surface area contributed by atoms with Crippen molar-refractivity contribution in [2.45, 2.75) is 293 Å². The predicted molar refractivity (Wildman–Crippen MR) is 257 cm³/mol. The first-order chi connectivity index (χ1) is 32.5. The average Bonchev–Trinajstić information content (AvgIpc) is 3.32. The Labute approximate surface area is 404 Å². The molecule has 15 heteroatoms. The van der Waals surface area contributed by atoms with Crippen LogP contribution in [0.15, 0.2) is 0 Å². The van der Waals surface area contributed by atoms with Crippen molar-refractivity contribution in [1.29, 1.82) is 0 Å². The summed E-state index contributed by atoms with van der Waals surface area (Å²) in [7, 11) is 0. The number of aliphatic hydroxyl groups excluding tert-OH is 7. The van der Waals surface area contributed by atoms with E-state index in [1.807, 2.05) is 0 Å². The number of ether oxygens (including phenoxy) is 6. The van der Waals surface area contributed by atoms with Crippen molar-refractivity contribution in [1.82, 2.24) is 0 Å². The number of carbonyl (C=O) groups excluding carboxylic acids is 2. The first kappa shape index (κ1) is 61.6. The quantitative estimate of drug-likeness (QED) is 0.0227. The minimum Gasteiger partial charge on any atom is -0.462 e. The van der Waals surface area contributed by atoms with Crippen LogP contribution in [0, 0.1) is 0 Å². The highest BCUT2D eigenvalue weighted by Crippen LogP contribution is 2.27. The smallest absolute Gasteiger partial charge is 0.306 e. The van der Waals surface area contributed by atoms with Crippen LogP contribution in [-0.2, 0) is 38.0 Å². The molecule has 67 heavy (non-hydrogen) atoms. The Morgan fingerprint density at radius 3 is 1.16 bits per heavy atom. The second-order valence-corrected chi connectivity index (χ2v) is 19.4. The summed E-state index contributed by atoms with van der Waals surface area (Å²) in [5.74, 6) is -0.907. The van der Waals surface area contributed by atoms with Crippen LogP contribution < -0.4 is 0 Å². The fourth-order valence-corrected chi connectivity index (χ4v) is 8.87. The maximum absolute atomic E-state index is 13.0. The standard InChI is InChI=1S/C52H98O15/c1-3-5-7-9-11-13-15-17-19-21-23-25-27-29-31-33-35-44(55)65-40(37-62-43(54)34-32-30-28-26-24-22-20-18-16-14-12-10-8-6-4-2)38-63-51-50(61)48(59)46(57)42(67-51)39-64-52-49(60)47(58)45(56)41(36-53)66-52/h40-42,45-53,56-61H,3-39H2,1-2H3. The van der Waals surface area contributed by atoms with Gasteiger partial charge in [-0.3, -0.25) is 9.59 Å². The van der Waals surface area contributed by atoms with Gasteiger partial charge in [0.15, 0.2) is 18.7 Å². The van der Waals surface area contributed by atoms with Crippen LogP contribution in [0.3, 0.4) is 0 Å². The van der Waals surface area contributed by atoms with Crippen LogP contribution in [0.4, 0.5) is 0 Å². The lowest BCUT2D eigenvalue weighted by atomic mass is 9.98. The Hall–Kier alpha value is -1.50. The van der Waals surface area contributed by atoms with E-state index < -0.39 is 92.7 Å². The van der Waals surface area contributed by atoms with Crippen molar-refractivity contribution in [3.05, 3.63) is 0 Å². The van der Waals surface area contributed by atoms with Crippen LogP contribution in [0.5, 0.6) is 0 Å². The number of hydrogen-bond donors (Lipinski definition) is 7. The van der Waals surface area contributed by atoms with E-state index in [-0.39, 0.29) is 26.1 Å². The topological polar surface area (TPSA) is 231 Å². The van der Waals surface area contributed by atoms with E-state index in [1.165, 1.54) is 148 Å². The number of carbonyl (C=O) groups is 2. The van der Waals surface area contributed by atoms with E-state index in [1.54, 1.807) is 0 Å². The summed E-state index contributed by atoms with van der Waals surface area (Å²) in [5, 5.41) is 72.1. The molecule has 2 saturated heterocycles. The SMILES string of the molecule is CCCCCCCCCCCCCCCCCCC(=O)OC(COC(=O)CCCCCCCCCCCCCCCCC)COC1OC(COC2OC(CO)C(O)C(O)C2O)C(O)C(O)C1O. The molecule has 2 aliphatic heterocycles. The molecule has 11 unspecified atom stereocenters. The van der Waals surface area contributed by atoms with Crippen LogP contribution in [0.1, 0.15) is 226 Å². The highest BCUT2D eigenvalue weighted by molar-refractivity contribution is 5.70. The highest BCUT2D eigenvalue weighted by Gasteiger charge is 2.47. The molecule has 2 aliphatic rings. The highest BCUT2D eigenvalue weighted by atomic mass is 16.7. The van der Waals surface area contributed by atoms with E-state index in [2.05, 4.69) is 13.8 Å². The van der Waals surface area contributed by atoms with Gasteiger partial charge in [0.25, 0.3) is 0 Å². The zero-order valence-corrected chi connectivity index (χ0v) is 41.9. The normalized spacial score (nSPS) is 25.9. The van der Waals surface area contributed by atoms with Gasteiger partial charge in [-0.15, -0.1) is 0 Å². The van der Waals surface area contributed by atoms with Gasteiger partial charge in [0.2, 0.25) is 0 Å². The molecule has 2 rings (SSSR count). The van der Waals surface area contributed by atoms with Crippen molar-refractivity contribution in [3.8, 4) is 0 Å². The van der Waals surface area contributed by atoms with Gasteiger partial charge >= 0.3 is 11.9 Å². The molecule has 0 bridgehead atoms. The number of unbranched alkanes of at least 4 members (excludes halogenated alkanes) is 29. The number of esters is 2. The molecule has 396 valence electrons. The van der Waals surface area contributed by atoms with Gasteiger partial charge in [0.05, 0.1) is 19.8 Å². The van der Waals surface area contributed by atoms with E-state index >= 15 is 0 Å². The predicted octanol–water partition coefficient (Wildman–Crippen LogP) is 8.00. The number of aliphatic hydroxyl groups is 7. The molecular formula is C52H98O15. The molecule has 7 N–H and O–H groups in total. The fraction of sp³-hybridized carbons (Fsp3) is 0.962. The Bertz CT molecular complexity index is 1180. The first-order valence-electron chi connectivity index (χ1n) is 27.1. The summed E-state index contributed by atoms with van der Waals surface area (Å²) in [5.41, 5.74) is 0. The van der Waals surface area contributed by atoms with Crippen LogP contribution in [-0.4, -0.2) is 142 Å². The molecule has 0 aromatic carbocycles. The van der Waals surface area contributed by atoms with Crippen molar-refractivity contribution in [2.24, 2.45) is 0 Å². The average molecular weight is 963 g/mol. The van der Waals surface area contributed by atoms with Gasteiger partial charge in [-0.1, -0.05) is 200 Å². The van der Waals surface area contributed by atoms with Gasteiger partial charge in [-0.2, -0.15) is 0 Å². The summed E-state index contributed by atoms with van der Waals surface area (Å²) in [6, 6.07) is 0. The molecule has 0 aliphatic carbocycles. The molecule has 0 amide bonds. The molecular weight excluding hydrogens is 865 g/mol. The van der Waals surface area contributed by atoms with Gasteiger partial charge < -0.3 is 64.2 Å². The van der Waals surface area contributed by atoms with E-state index in [4.69, 9.17) is 28.4 Å². The summed E-state index contributed by atoms with van der Waals surface area (Å²) >= 11 is 0. The summed E-state index contributed by atoms with van der Waals surface area (Å²) in [4.78, 5) is 25.8. The van der Waals surface area contributed by atoms with Crippen molar-refractivity contribution in [3.63, 3.8) is 0 Å². The molecule has 0 spiro atoms. The van der Waals surface area contributed by atoms with Gasteiger partial charge in [-0.25, -0.2) is 0 Å². The fourth-order valence-electron chi connectivity index (χ4n) is 8.87. The molecule has 0 aromatic heterocycles. The Kier molecular flexibility index (Phi) is 36.9. The van der Waals surface area contributed by atoms with Crippen LogP contribution >= 0.6 is 0 Å². The maximum Gasteiger partial charge on any atom is 0.306 e. The zero-order chi connectivity index (χ0) is 48.9. The molecule has 15 nitrogen and oxygen atoms in total. The summed E-state index contributed by atoms with van der Waals surface area (Å²) < 4.78 is 33.6. The maximum atomic E-state index is 13.0. The minimum absolute atomic E-state index is 0.173. The Morgan fingerprint density at radius 2 is 0.761 bits per heavy atom. The van der Waals surface area contributed by atoms with Gasteiger partial charge in [-0.05, 0) is 12.8 Å². The lowest BCUT2D eigenvalue weighted by Gasteiger charge is -2.42. The Morgan fingerprint density at radius 1 is 0.418 bits per heavy atom. The molecule has 11 atom stereocenters. The molecule has 0 radical (unpaired) electrons. The van der Waals surface area contributed by atoms with Gasteiger partial charge in [0.1, 0.15) is 55.4 Å². The van der Waals surface area contributed by atoms with Crippen molar-refractivity contribution in [2.75, 3.05) is 26.4 Å². The van der Waals surface area contributed by atoms with E-state index in [9.17, 15) is 45.3 Å². The Balaban J connectivity index is 1.78. The zero-order valence-electron chi connectivity index (χ0n) is 41.9. The lowest BCUT2D eigenvalue weighted by molar-refractivity contribution is -0.332. The first-order valence-corrected chi connectivity index (χ1v) is 27.1. The van der Waals surface area contributed by atoms with Crippen LogP contribution in [0.25, 0.3) is 0 Å². The number of rotatable bonds is 43. The van der Waals surface area contributed by atoms with E-state index in [0.29, 0.717) is 12.8 Å². The molecule has 0 aromatic rings. The minimum atomic E-state index is -1.76. The van der Waals surface area contributed by atoms with Crippen LogP contribution in [0.2, 0.25) is 0 Å². The van der Waals surface area contributed by atoms with E-state index in [0.717, 1.165) is 38.5 Å². The summed E-state index contributed by atoms with van der Waals surface area (Å²) in [6.45, 7) is 2.64. The summed E-state index contributed by atoms with van der Waals surface area (Å²) in [6.07, 6.45) is 21.2. The van der Waals surface area contributed by atoms with Crippen molar-refractivity contribution >= 4 is 11.9 Å². The number of hydrogen-bond acceptors (Lipinski definition) is 15. The third-order valence-electron chi connectivity index (χ3n) is 13.3. The second kappa shape index (κ2) is 40.1. The molecule has 2 heterocycles. The third-order valence-corrected chi connectivity index (χ3v) is 13.3. The monoisotopic (exact) mass is 963 g/mol.